The van der Waals surface area contributed by atoms with Crippen molar-refractivity contribution < 1.29 is 27.8 Å². The minimum Gasteiger partial charge on any atom is -0.396 e. The Morgan fingerprint density at radius 2 is 1.93 bits per heavy atom. The van der Waals surface area contributed by atoms with Gasteiger partial charge < -0.3 is 26.2 Å². The lowest BCUT2D eigenvalue weighted by atomic mass is 9.93. The van der Waals surface area contributed by atoms with Gasteiger partial charge in [0.15, 0.2) is 0 Å². The predicted octanol–water partition coefficient (Wildman–Crippen LogP) is 2.45. The number of rotatable bonds is 8. The van der Waals surface area contributed by atoms with Crippen LogP contribution in [0.3, 0.4) is 0 Å². The summed E-state index contributed by atoms with van der Waals surface area (Å²) in [6.07, 6.45) is 1.65. The predicted molar refractivity (Wildman–Crippen MR) is 104 cm³/mol. The summed E-state index contributed by atoms with van der Waals surface area (Å²) in [7, 11) is 0. The van der Waals surface area contributed by atoms with Crippen molar-refractivity contribution in [2.45, 2.75) is 69.3 Å². The van der Waals surface area contributed by atoms with E-state index < -0.39 is 24.8 Å². The number of carbonyl (C=O) groups is 1. The van der Waals surface area contributed by atoms with Crippen LogP contribution in [-0.2, 0) is 4.74 Å². The fraction of sp³-hybridized carbons (Fsp3) is 0.737. The van der Waals surface area contributed by atoms with E-state index in [1.54, 1.807) is 0 Å². The molecule has 0 saturated heterocycles. The minimum atomic E-state index is -4.32. The first-order valence-corrected chi connectivity index (χ1v) is 10.2. The van der Waals surface area contributed by atoms with E-state index in [9.17, 15) is 23.1 Å². The van der Waals surface area contributed by atoms with Crippen LogP contribution in [0.15, 0.2) is 6.20 Å². The number of aliphatic hydroxyl groups is 1. The van der Waals surface area contributed by atoms with Crippen molar-refractivity contribution in [3.63, 3.8) is 0 Å². The number of aromatic nitrogens is 2. The Hall–Kier alpha value is -2.14. The molecule has 0 aromatic carbocycles. The van der Waals surface area contributed by atoms with E-state index in [1.165, 1.54) is 6.20 Å². The first kappa shape index (κ1) is 22.5. The number of carbonyl (C=O) groups excluding carboxylic acids is 1. The van der Waals surface area contributed by atoms with E-state index >= 15 is 0 Å². The maximum atomic E-state index is 12.3. The van der Waals surface area contributed by atoms with Crippen LogP contribution in [0.2, 0.25) is 0 Å². The lowest BCUT2D eigenvalue weighted by Gasteiger charge is -2.29. The van der Waals surface area contributed by atoms with Crippen molar-refractivity contribution in [2.24, 2.45) is 11.7 Å². The van der Waals surface area contributed by atoms with Gasteiger partial charge in [-0.2, -0.15) is 18.2 Å². The van der Waals surface area contributed by atoms with Gasteiger partial charge in [-0.25, -0.2) is 4.98 Å². The molecule has 0 aliphatic heterocycles. The summed E-state index contributed by atoms with van der Waals surface area (Å²) >= 11 is 0. The molecule has 0 radical (unpaired) electrons. The number of anilines is 2. The standard InChI is InChI=1S/C19H28F3N5O3/c20-19(21,22)10-30-13-6-4-12(5-7-13)25-18-24-8-14(16(23)29)17(27-18)26-15-3-1-2-11(15)9-28/h8,11-13,15,28H,1-7,9-10H2,(H2,23,29)(H2,24,25,26,27)/t11-,12-,13-,15?/m1/s1. The highest BCUT2D eigenvalue weighted by atomic mass is 19.4. The zero-order valence-electron chi connectivity index (χ0n) is 16.6. The molecule has 1 amide bonds. The Bertz CT molecular complexity index is 726. The van der Waals surface area contributed by atoms with Crippen LogP contribution in [0.5, 0.6) is 0 Å². The second-order valence-electron chi connectivity index (χ2n) is 7.99. The molecule has 1 aromatic rings. The summed E-state index contributed by atoms with van der Waals surface area (Å²) in [6, 6.07) is -0.00300. The number of amides is 1. The first-order valence-electron chi connectivity index (χ1n) is 10.2. The van der Waals surface area contributed by atoms with Crippen LogP contribution in [0.1, 0.15) is 55.3 Å². The third-order valence-corrected chi connectivity index (χ3v) is 5.76. The summed E-state index contributed by atoms with van der Waals surface area (Å²) in [5, 5.41) is 15.9. The van der Waals surface area contributed by atoms with E-state index in [2.05, 4.69) is 20.6 Å². The highest BCUT2D eigenvalue weighted by Gasteiger charge is 2.31. The number of ether oxygens (including phenoxy) is 1. The number of primary amides is 1. The van der Waals surface area contributed by atoms with Gasteiger partial charge in [-0.1, -0.05) is 6.42 Å². The van der Waals surface area contributed by atoms with Gasteiger partial charge in [0.2, 0.25) is 5.95 Å². The molecule has 5 N–H and O–H groups in total. The Morgan fingerprint density at radius 3 is 2.57 bits per heavy atom. The lowest BCUT2D eigenvalue weighted by molar-refractivity contribution is -0.187. The summed E-state index contributed by atoms with van der Waals surface area (Å²) in [4.78, 5) is 20.3. The Labute approximate surface area is 172 Å². The number of nitrogens with two attached hydrogens (primary N) is 1. The number of hydrogen-bond donors (Lipinski definition) is 4. The van der Waals surface area contributed by atoms with Crippen molar-refractivity contribution in [3.8, 4) is 0 Å². The average Bonchev–Trinajstić information content (AvgIpc) is 3.14. The van der Waals surface area contributed by atoms with Crippen molar-refractivity contribution >= 4 is 17.7 Å². The number of hydrogen-bond acceptors (Lipinski definition) is 7. The molecule has 2 atom stereocenters. The van der Waals surface area contributed by atoms with E-state index in [1.807, 2.05) is 0 Å². The molecular formula is C19H28F3N5O3. The van der Waals surface area contributed by atoms with Crippen LogP contribution in [0.4, 0.5) is 24.9 Å². The molecule has 1 aromatic heterocycles. The summed E-state index contributed by atoms with van der Waals surface area (Å²) < 4.78 is 41.8. The lowest BCUT2D eigenvalue weighted by Crippen LogP contribution is -2.33. The van der Waals surface area contributed by atoms with E-state index in [0.717, 1.165) is 19.3 Å². The second-order valence-corrected chi connectivity index (χ2v) is 7.99. The van der Waals surface area contributed by atoms with Gasteiger partial charge >= 0.3 is 6.18 Å². The normalized spacial score (nSPS) is 27.1. The largest absolute Gasteiger partial charge is 0.411 e. The molecule has 2 fully saturated rings. The molecule has 30 heavy (non-hydrogen) atoms. The summed E-state index contributed by atoms with van der Waals surface area (Å²) in [5.74, 6) is 0.0854. The fourth-order valence-corrected chi connectivity index (χ4v) is 4.13. The molecule has 2 aliphatic rings. The maximum absolute atomic E-state index is 12.3. The van der Waals surface area contributed by atoms with Crippen LogP contribution in [0, 0.1) is 5.92 Å². The molecule has 0 bridgehead atoms. The SMILES string of the molecule is NC(=O)c1cnc(N[C@H]2CC[C@H](OCC(F)(F)F)CC2)nc1NC1CCC[C@@H]1CO. The molecular weight excluding hydrogens is 403 g/mol. The Morgan fingerprint density at radius 1 is 1.20 bits per heavy atom. The van der Waals surface area contributed by atoms with E-state index in [-0.39, 0.29) is 30.2 Å². The highest BCUT2D eigenvalue weighted by molar-refractivity contribution is 5.97. The van der Waals surface area contributed by atoms with Crippen molar-refractivity contribution in [2.75, 3.05) is 23.8 Å². The Balaban J connectivity index is 1.59. The van der Waals surface area contributed by atoms with Gasteiger partial charge in [-0.05, 0) is 38.5 Å². The molecule has 8 nitrogen and oxygen atoms in total. The zero-order chi connectivity index (χ0) is 21.7. The minimum absolute atomic E-state index is 0.000291. The van der Waals surface area contributed by atoms with Crippen LogP contribution in [0.25, 0.3) is 0 Å². The molecule has 2 aliphatic carbocycles. The monoisotopic (exact) mass is 431 g/mol. The highest BCUT2D eigenvalue weighted by Crippen LogP contribution is 2.30. The molecule has 2 saturated carbocycles. The number of halogens is 3. The molecule has 3 rings (SSSR count). The van der Waals surface area contributed by atoms with E-state index in [0.29, 0.717) is 37.4 Å². The topological polar surface area (TPSA) is 122 Å². The molecule has 0 spiro atoms. The van der Waals surface area contributed by atoms with Crippen LogP contribution in [-0.4, -0.2) is 58.6 Å². The van der Waals surface area contributed by atoms with Crippen molar-refractivity contribution in [1.29, 1.82) is 0 Å². The van der Waals surface area contributed by atoms with Gasteiger partial charge in [0, 0.05) is 30.8 Å². The first-order chi connectivity index (χ1) is 14.2. The quantitative estimate of drug-likeness (QED) is 0.499. The van der Waals surface area contributed by atoms with Crippen LogP contribution < -0.4 is 16.4 Å². The molecule has 11 heteroatoms. The van der Waals surface area contributed by atoms with E-state index in [4.69, 9.17) is 10.5 Å². The summed E-state index contributed by atoms with van der Waals surface area (Å²) in [6.45, 7) is -1.17. The van der Waals surface area contributed by atoms with Crippen molar-refractivity contribution in [3.05, 3.63) is 11.8 Å². The van der Waals surface area contributed by atoms with Crippen molar-refractivity contribution in [1.82, 2.24) is 9.97 Å². The molecule has 1 unspecified atom stereocenters. The smallest absolute Gasteiger partial charge is 0.396 e. The molecule has 168 valence electrons. The van der Waals surface area contributed by atoms with Gasteiger partial charge in [0.1, 0.15) is 12.4 Å². The Kier molecular flexibility index (Phi) is 7.35. The fourth-order valence-electron chi connectivity index (χ4n) is 4.13. The summed E-state index contributed by atoms with van der Waals surface area (Å²) in [5.41, 5.74) is 5.62. The number of nitrogens with zero attached hydrogens (tertiary/aromatic N) is 2. The second kappa shape index (κ2) is 9.78. The zero-order valence-corrected chi connectivity index (χ0v) is 16.6. The third-order valence-electron chi connectivity index (χ3n) is 5.76. The maximum Gasteiger partial charge on any atom is 0.411 e. The number of nitrogens with one attached hydrogen (secondary N) is 2. The van der Waals surface area contributed by atoms with Gasteiger partial charge in [0.05, 0.1) is 11.7 Å². The number of aliphatic hydroxyl groups excluding tert-OH is 1. The van der Waals surface area contributed by atoms with Gasteiger partial charge in [-0.15, -0.1) is 0 Å². The number of alkyl halides is 3. The molecule has 1 heterocycles. The van der Waals surface area contributed by atoms with Crippen LogP contribution >= 0.6 is 0 Å². The van der Waals surface area contributed by atoms with Gasteiger partial charge in [-0.3, -0.25) is 4.79 Å². The van der Waals surface area contributed by atoms with Gasteiger partial charge in [0.25, 0.3) is 5.91 Å². The third kappa shape index (κ3) is 6.18. The average molecular weight is 431 g/mol.